The quantitative estimate of drug-likeness (QED) is 0.623. The lowest BCUT2D eigenvalue weighted by molar-refractivity contribution is 0.102. The van der Waals surface area contributed by atoms with Crippen molar-refractivity contribution in [3.8, 4) is 5.75 Å². The molecule has 6 nitrogen and oxygen atoms in total. The van der Waals surface area contributed by atoms with Crippen molar-refractivity contribution in [2.24, 2.45) is 0 Å². The number of anilines is 2. The molecule has 0 radical (unpaired) electrons. The van der Waals surface area contributed by atoms with E-state index in [0.29, 0.717) is 16.5 Å². The fourth-order valence-electron chi connectivity index (χ4n) is 2.45. The van der Waals surface area contributed by atoms with E-state index in [2.05, 4.69) is 10.0 Å². The van der Waals surface area contributed by atoms with Gasteiger partial charge in [-0.15, -0.1) is 0 Å². The number of halogens is 1. The van der Waals surface area contributed by atoms with Crippen LogP contribution in [0.4, 0.5) is 11.4 Å². The van der Waals surface area contributed by atoms with Crippen molar-refractivity contribution >= 4 is 38.9 Å². The Hall–Kier alpha value is -3.03. The summed E-state index contributed by atoms with van der Waals surface area (Å²) in [4.78, 5) is 12.5. The van der Waals surface area contributed by atoms with Gasteiger partial charge in [0.2, 0.25) is 0 Å². The molecule has 0 fully saturated rings. The molecule has 0 heterocycles. The van der Waals surface area contributed by atoms with Gasteiger partial charge in [-0.1, -0.05) is 29.8 Å². The van der Waals surface area contributed by atoms with E-state index < -0.39 is 15.9 Å². The first-order chi connectivity index (χ1) is 13.4. The van der Waals surface area contributed by atoms with E-state index in [9.17, 15) is 13.2 Å². The predicted molar refractivity (Wildman–Crippen MR) is 110 cm³/mol. The molecule has 0 aliphatic carbocycles. The zero-order valence-corrected chi connectivity index (χ0v) is 16.4. The molecule has 3 aromatic carbocycles. The molecule has 28 heavy (non-hydrogen) atoms. The van der Waals surface area contributed by atoms with Crippen LogP contribution in [0.1, 0.15) is 10.4 Å². The molecule has 0 bridgehead atoms. The van der Waals surface area contributed by atoms with Crippen LogP contribution in [0.5, 0.6) is 5.75 Å². The number of rotatable bonds is 6. The molecular weight excluding hydrogens is 400 g/mol. The summed E-state index contributed by atoms with van der Waals surface area (Å²) in [7, 11) is -2.30. The first-order valence-electron chi connectivity index (χ1n) is 8.22. The van der Waals surface area contributed by atoms with Crippen molar-refractivity contribution in [2.45, 2.75) is 4.90 Å². The van der Waals surface area contributed by atoms with Gasteiger partial charge in [0.05, 0.1) is 22.7 Å². The molecule has 0 unspecified atom stereocenters. The maximum absolute atomic E-state index is 12.5. The highest BCUT2D eigenvalue weighted by molar-refractivity contribution is 7.92. The Balaban J connectivity index is 1.78. The van der Waals surface area contributed by atoms with Crippen molar-refractivity contribution in [3.63, 3.8) is 0 Å². The summed E-state index contributed by atoms with van der Waals surface area (Å²) < 4.78 is 32.6. The van der Waals surface area contributed by atoms with Crippen LogP contribution < -0.4 is 14.8 Å². The van der Waals surface area contributed by atoms with Gasteiger partial charge in [-0.05, 0) is 54.6 Å². The number of methoxy groups -OCH3 is 1. The molecule has 2 N–H and O–H groups in total. The third-order valence-corrected chi connectivity index (χ3v) is 5.60. The van der Waals surface area contributed by atoms with Crippen LogP contribution in [0, 0.1) is 0 Å². The van der Waals surface area contributed by atoms with Gasteiger partial charge in [0.25, 0.3) is 15.9 Å². The van der Waals surface area contributed by atoms with Crippen LogP contribution in [0.2, 0.25) is 5.02 Å². The minimum Gasteiger partial charge on any atom is -0.497 e. The Bertz CT molecular complexity index is 1100. The lowest BCUT2D eigenvalue weighted by atomic mass is 10.2. The molecule has 0 atom stereocenters. The number of hydrogen-bond donors (Lipinski definition) is 2. The Morgan fingerprint density at radius 3 is 2.36 bits per heavy atom. The van der Waals surface area contributed by atoms with Crippen molar-refractivity contribution in [2.75, 3.05) is 17.1 Å². The number of benzene rings is 3. The van der Waals surface area contributed by atoms with Crippen LogP contribution in [-0.2, 0) is 10.0 Å². The van der Waals surface area contributed by atoms with Gasteiger partial charge in [0.1, 0.15) is 5.75 Å². The highest BCUT2D eigenvalue weighted by atomic mass is 35.5. The summed E-state index contributed by atoms with van der Waals surface area (Å²) in [5.74, 6) is 0.149. The predicted octanol–water partition coefficient (Wildman–Crippen LogP) is 4.40. The molecule has 0 saturated heterocycles. The highest BCUT2D eigenvalue weighted by Crippen LogP contribution is 2.23. The lowest BCUT2D eigenvalue weighted by Crippen LogP contribution is -2.15. The van der Waals surface area contributed by atoms with E-state index in [4.69, 9.17) is 16.3 Å². The third kappa shape index (κ3) is 4.62. The van der Waals surface area contributed by atoms with Crippen LogP contribution >= 0.6 is 11.6 Å². The summed E-state index contributed by atoms with van der Waals surface area (Å²) in [5, 5.41) is 3.11. The van der Waals surface area contributed by atoms with E-state index in [1.54, 1.807) is 54.6 Å². The monoisotopic (exact) mass is 416 g/mol. The second-order valence-corrected chi connectivity index (χ2v) is 7.89. The number of amides is 1. The number of para-hydroxylation sites is 1. The zero-order chi connectivity index (χ0) is 20.1. The highest BCUT2D eigenvalue weighted by Gasteiger charge is 2.15. The summed E-state index contributed by atoms with van der Waals surface area (Å²) in [5.41, 5.74) is 1.02. The first kappa shape index (κ1) is 19.7. The van der Waals surface area contributed by atoms with Gasteiger partial charge in [0.15, 0.2) is 0 Å². The summed E-state index contributed by atoms with van der Waals surface area (Å²) in [6.45, 7) is 0. The fraction of sp³-hybridized carbons (Fsp3) is 0.0500. The molecule has 0 aromatic heterocycles. The minimum atomic E-state index is -3.80. The summed E-state index contributed by atoms with van der Waals surface area (Å²) >= 11 is 6.05. The lowest BCUT2D eigenvalue weighted by Gasteiger charge is -2.11. The smallest absolute Gasteiger partial charge is 0.261 e. The van der Waals surface area contributed by atoms with Crippen molar-refractivity contribution in [1.29, 1.82) is 0 Å². The van der Waals surface area contributed by atoms with E-state index in [1.807, 2.05) is 0 Å². The molecule has 0 aliphatic heterocycles. The van der Waals surface area contributed by atoms with Gasteiger partial charge in [-0.25, -0.2) is 8.42 Å². The number of carbonyl (C=O) groups is 1. The maximum Gasteiger partial charge on any atom is 0.261 e. The fourth-order valence-corrected chi connectivity index (χ4v) is 3.68. The second-order valence-electron chi connectivity index (χ2n) is 5.80. The number of nitrogens with one attached hydrogen (secondary N) is 2. The van der Waals surface area contributed by atoms with Crippen molar-refractivity contribution in [1.82, 2.24) is 0 Å². The molecule has 1 amide bonds. The number of sulfonamides is 1. The molecular formula is C20H17ClN2O4S. The first-order valence-corrected chi connectivity index (χ1v) is 10.1. The Morgan fingerprint density at radius 2 is 1.68 bits per heavy atom. The molecule has 0 saturated carbocycles. The largest absolute Gasteiger partial charge is 0.497 e. The third-order valence-electron chi connectivity index (χ3n) is 3.87. The summed E-state index contributed by atoms with van der Waals surface area (Å²) in [6, 6.07) is 19.0. The average Bonchev–Trinajstić information content (AvgIpc) is 2.69. The summed E-state index contributed by atoms with van der Waals surface area (Å²) in [6.07, 6.45) is 0. The standard InChI is InChI=1S/C20H17ClN2O4S/c1-27-16-9-11-17(12-10-16)28(25,26)23-15-6-4-5-14(13-15)20(24)22-19-8-3-2-7-18(19)21/h2-13,23H,1H3,(H,22,24). The normalized spacial score (nSPS) is 10.9. The van der Waals surface area contributed by atoms with Gasteiger partial charge >= 0.3 is 0 Å². The molecule has 8 heteroatoms. The van der Waals surface area contributed by atoms with Gasteiger partial charge in [0, 0.05) is 11.3 Å². The van der Waals surface area contributed by atoms with Gasteiger partial charge in [-0.3, -0.25) is 9.52 Å². The van der Waals surface area contributed by atoms with Crippen LogP contribution in [0.3, 0.4) is 0 Å². The van der Waals surface area contributed by atoms with Crippen LogP contribution in [0.25, 0.3) is 0 Å². The van der Waals surface area contributed by atoms with Gasteiger partial charge in [-0.2, -0.15) is 0 Å². The number of hydrogen-bond acceptors (Lipinski definition) is 4. The Morgan fingerprint density at radius 1 is 0.964 bits per heavy atom. The SMILES string of the molecule is COc1ccc(S(=O)(=O)Nc2cccc(C(=O)Nc3ccccc3Cl)c2)cc1. The van der Waals surface area contributed by atoms with Crippen LogP contribution in [0.15, 0.2) is 77.7 Å². The molecule has 0 spiro atoms. The Labute approximate surface area is 168 Å². The van der Waals surface area contributed by atoms with Gasteiger partial charge < -0.3 is 10.1 Å². The Kier molecular flexibility index (Phi) is 5.87. The van der Waals surface area contributed by atoms with Crippen molar-refractivity contribution < 1.29 is 17.9 Å². The van der Waals surface area contributed by atoms with Crippen LogP contribution in [-0.4, -0.2) is 21.4 Å². The minimum absolute atomic E-state index is 0.0826. The second kappa shape index (κ2) is 8.33. The number of ether oxygens (including phenoxy) is 1. The topological polar surface area (TPSA) is 84.5 Å². The molecule has 0 aliphatic rings. The van der Waals surface area contributed by atoms with E-state index in [-0.39, 0.29) is 16.1 Å². The maximum atomic E-state index is 12.5. The molecule has 3 aromatic rings. The average molecular weight is 417 g/mol. The van der Waals surface area contributed by atoms with E-state index >= 15 is 0 Å². The molecule has 144 valence electrons. The van der Waals surface area contributed by atoms with Crippen molar-refractivity contribution in [3.05, 3.63) is 83.4 Å². The zero-order valence-electron chi connectivity index (χ0n) is 14.8. The van der Waals surface area contributed by atoms with E-state index in [0.717, 1.165) is 0 Å². The number of carbonyl (C=O) groups excluding carboxylic acids is 1. The van der Waals surface area contributed by atoms with E-state index in [1.165, 1.54) is 25.3 Å². The molecule has 3 rings (SSSR count).